The van der Waals surface area contributed by atoms with Gasteiger partial charge in [-0.05, 0) is 67.1 Å². The van der Waals surface area contributed by atoms with Crippen molar-refractivity contribution in [3.05, 3.63) is 95.2 Å². The Bertz CT molecular complexity index is 1420. The number of nitrogens with one attached hydrogen (secondary N) is 1. The number of carbonyl (C=O) groups excluding carboxylic acids is 2. The van der Waals surface area contributed by atoms with Gasteiger partial charge in [0.15, 0.2) is 0 Å². The van der Waals surface area contributed by atoms with Crippen LogP contribution in [0.5, 0.6) is 5.88 Å². The molecule has 5 rings (SSSR count). The first-order chi connectivity index (χ1) is 17.4. The summed E-state index contributed by atoms with van der Waals surface area (Å²) < 4.78 is 7.56. The summed E-state index contributed by atoms with van der Waals surface area (Å²) in [5.74, 6) is 0.302. The molecule has 1 amide bonds. The highest BCUT2D eigenvalue weighted by atomic mass is 16.5. The number of aromatic nitrogens is 2. The number of benzene rings is 3. The van der Waals surface area contributed by atoms with Crippen LogP contribution < -0.4 is 10.1 Å². The summed E-state index contributed by atoms with van der Waals surface area (Å²) in [6.07, 6.45) is 2.43. The highest BCUT2D eigenvalue weighted by molar-refractivity contribution is 5.92. The van der Waals surface area contributed by atoms with E-state index in [1.165, 1.54) is 6.92 Å². The van der Waals surface area contributed by atoms with Crippen molar-refractivity contribution in [1.82, 2.24) is 9.78 Å². The molecule has 0 unspecified atom stereocenters. The number of carbonyl (C=O) groups is 2. The number of hydrogen-bond acceptors (Lipinski definition) is 4. The van der Waals surface area contributed by atoms with Gasteiger partial charge in [-0.3, -0.25) is 9.59 Å². The Morgan fingerprint density at radius 2 is 1.72 bits per heavy atom. The van der Waals surface area contributed by atoms with E-state index in [4.69, 9.17) is 9.84 Å². The van der Waals surface area contributed by atoms with E-state index in [-0.39, 0.29) is 5.91 Å². The molecule has 1 aliphatic rings. The largest absolute Gasteiger partial charge is 0.407 e. The van der Waals surface area contributed by atoms with E-state index in [2.05, 4.69) is 17.4 Å². The first-order valence-electron chi connectivity index (χ1n) is 12.2. The Hall–Kier alpha value is -4.19. The van der Waals surface area contributed by atoms with Gasteiger partial charge >= 0.3 is 5.97 Å². The minimum atomic E-state index is -0.394. The minimum Gasteiger partial charge on any atom is -0.407 e. The van der Waals surface area contributed by atoms with Crippen molar-refractivity contribution in [3.8, 4) is 22.7 Å². The minimum absolute atomic E-state index is 0.0732. The maximum Gasteiger partial charge on any atom is 0.309 e. The van der Waals surface area contributed by atoms with Crippen molar-refractivity contribution in [2.75, 3.05) is 5.32 Å². The van der Waals surface area contributed by atoms with Gasteiger partial charge in [0, 0.05) is 18.5 Å². The summed E-state index contributed by atoms with van der Waals surface area (Å²) in [6, 6.07) is 23.5. The highest BCUT2D eigenvalue weighted by Crippen LogP contribution is 2.48. The van der Waals surface area contributed by atoms with Crippen LogP contribution in [-0.2, 0) is 16.0 Å². The van der Waals surface area contributed by atoms with Gasteiger partial charge in [0.05, 0.1) is 23.4 Å². The molecule has 1 aromatic heterocycles. The van der Waals surface area contributed by atoms with E-state index in [0.717, 1.165) is 52.0 Å². The van der Waals surface area contributed by atoms with Crippen LogP contribution >= 0.6 is 0 Å². The lowest BCUT2D eigenvalue weighted by atomic mass is 10.0. The average molecular weight is 480 g/mol. The van der Waals surface area contributed by atoms with Crippen LogP contribution in [0.4, 0.5) is 5.69 Å². The summed E-state index contributed by atoms with van der Waals surface area (Å²) in [5, 5.41) is 7.93. The third kappa shape index (κ3) is 5.08. The third-order valence-corrected chi connectivity index (χ3v) is 6.33. The molecule has 36 heavy (non-hydrogen) atoms. The Kier molecular flexibility index (Phi) is 6.42. The molecular formula is C30H29N3O3. The van der Waals surface area contributed by atoms with E-state index in [1.54, 1.807) is 4.68 Å². The molecule has 0 aliphatic heterocycles. The number of ether oxygens (including phenoxy) is 1. The lowest BCUT2D eigenvalue weighted by Gasteiger charge is -2.12. The first-order valence-corrected chi connectivity index (χ1v) is 12.2. The van der Waals surface area contributed by atoms with Crippen LogP contribution in [0.1, 0.15) is 48.1 Å². The molecule has 6 heteroatoms. The molecule has 0 radical (unpaired) electrons. The molecule has 1 aliphatic carbocycles. The highest BCUT2D eigenvalue weighted by Gasteiger charge is 2.34. The van der Waals surface area contributed by atoms with Crippen LogP contribution in [0.3, 0.4) is 0 Å². The standard InChI is InChI=1S/C30H29N3O3/c1-19-9-10-20(2)26(17-19)33-30(36-21(3)34)28(29(32-33)24-11-12-24)23-13-15-25(16-14-23)31-27(35)18-22-7-5-4-6-8-22/h4-10,13-17,24H,11-12,18H2,1-3H3,(H,31,35). The fourth-order valence-electron chi connectivity index (χ4n) is 4.38. The molecule has 1 heterocycles. The molecule has 0 bridgehead atoms. The summed E-state index contributed by atoms with van der Waals surface area (Å²) >= 11 is 0. The zero-order valence-electron chi connectivity index (χ0n) is 20.7. The molecule has 0 saturated heterocycles. The van der Waals surface area contributed by atoms with Crippen molar-refractivity contribution >= 4 is 17.6 Å². The second-order valence-corrected chi connectivity index (χ2v) is 9.42. The summed E-state index contributed by atoms with van der Waals surface area (Å²) in [5.41, 5.74) is 7.37. The van der Waals surface area contributed by atoms with E-state index in [9.17, 15) is 9.59 Å². The number of nitrogens with zero attached hydrogens (tertiary/aromatic N) is 2. The van der Waals surface area contributed by atoms with Crippen LogP contribution in [-0.4, -0.2) is 21.7 Å². The van der Waals surface area contributed by atoms with Gasteiger partial charge < -0.3 is 10.1 Å². The van der Waals surface area contributed by atoms with Crippen LogP contribution in [0.2, 0.25) is 0 Å². The predicted molar refractivity (Wildman–Crippen MR) is 141 cm³/mol. The quantitative estimate of drug-likeness (QED) is 0.323. The van der Waals surface area contributed by atoms with Crippen molar-refractivity contribution < 1.29 is 14.3 Å². The molecule has 6 nitrogen and oxygen atoms in total. The fraction of sp³-hybridized carbons (Fsp3) is 0.233. The van der Waals surface area contributed by atoms with Crippen LogP contribution in [0.15, 0.2) is 72.8 Å². The first kappa shape index (κ1) is 23.5. The van der Waals surface area contributed by atoms with Gasteiger partial charge in [-0.1, -0.05) is 54.6 Å². The van der Waals surface area contributed by atoms with Crippen molar-refractivity contribution in [2.24, 2.45) is 0 Å². The summed E-state index contributed by atoms with van der Waals surface area (Å²) in [4.78, 5) is 24.6. The van der Waals surface area contributed by atoms with E-state index in [1.807, 2.05) is 74.5 Å². The lowest BCUT2D eigenvalue weighted by Crippen LogP contribution is -2.14. The molecule has 0 spiro atoms. The van der Waals surface area contributed by atoms with E-state index >= 15 is 0 Å². The Morgan fingerprint density at radius 3 is 2.39 bits per heavy atom. The number of esters is 1. The fourth-order valence-corrected chi connectivity index (χ4v) is 4.38. The predicted octanol–water partition coefficient (Wildman–Crippen LogP) is 6.14. The SMILES string of the molecule is CC(=O)Oc1c(-c2ccc(NC(=O)Cc3ccccc3)cc2)c(C2CC2)nn1-c1cc(C)ccc1C. The maximum atomic E-state index is 12.5. The Labute approximate surface area is 210 Å². The maximum absolute atomic E-state index is 12.5. The number of aryl methyl sites for hydroxylation is 2. The zero-order valence-corrected chi connectivity index (χ0v) is 20.7. The van der Waals surface area contributed by atoms with Gasteiger partial charge in [0.25, 0.3) is 0 Å². The number of rotatable bonds is 7. The van der Waals surface area contributed by atoms with Crippen molar-refractivity contribution in [2.45, 2.75) is 46.0 Å². The van der Waals surface area contributed by atoms with E-state index in [0.29, 0.717) is 23.9 Å². The molecule has 182 valence electrons. The normalized spacial score (nSPS) is 12.9. The topological polar surface area (TPSA) is 73.2 Å². The monoisotopic (exact) mass is 479 g/mol. The van der Waals surface area contributed by atoms with Gasteiger partial charge in [0.2, 0.25) is 11.8 Å². The molecule has 4 aromatic rings. The summed E-state index contributed by atoms with van der Waals surface area (Å²) in [7, 11) is 0. The molecule has 1 fully saturated rings. The van der Waals surface area contributed by atoms with Crippen molar-refractivity contribution in [1.29, 1.82) is 0 Å². The second-order valence-electron chi connectivity index (χ2n) is 9.42. The second kappa shape index (κ2) is 9.82. The molecule has 3 aromatic carbocycles. The van der Waals surface area contributed by atoms with Crippen LogP contribution in [0, 0.1) is 13.8 Å². The molecule has 1 saturated carbocycles. The van der Waals surface area contributed by atoms with Gasteiger partial charge in [-0.15, -0.1) is 0 Å². The van der Waals surface area contributed by atoms with Gasteiger partial charge in [-0.2, -0.15) is 9.78 Å². The molecular weight excluding hydrogens is 450 g/mol. The third-order valence-electron chi connectivity index (χ3n) is 6.33. The molecule has 0 atom stereocenters. The van der Waals surface area contributed by atoms with Gasteiger partial charge in [0.1, 0.15) is 0 Å². The Balaban J connectivity index is 1.50. The molecule has 1 N–H and O–H groups in total. The zero-order chi connectivity index (χ0) is 25.2. The number of hydrogen-bond donors (Lipinski definition) is 1. The van der Waals surface area contributed by atoms with E-state index < -0.39 is 5.97 Å². The average Bonchev–Trinajstić information content (AvgIpc) is 3.63. The number of anilines is 1. The number of amides is 1. The Morgan fingerprint density at radius 1 is 1.00 bits per heavy atom. The van der Waals surface area contributed by atoms with Crippen molar-refractivity contribution in [3.63, 3.8) is 0 Å². The lowest BCUT2D eigenvalue weighted by molar-refractivity contribution is -0.132. The van der Waals surface area contributed by atoms with Gasteiger partial charge in [-0.25, -0.2) is 0 Å². The summed E-state index contributed by atoms with van der Waals surface area (Å²) in [6.45, 7) is 5.47. The smallest absolute Gasteiger partial charge is 0.309 e. The van der Waals surface area contributed by atoms with Crippen LogP contribution in [0.25, 0.3) is 16.8 Å².